The summed E-state index contributed by atoms with van der Waals surface area (Å²) < 4.78 is 7.90. The predicted molar refractivity (Wildman–Crippen MR) is 147 cm³/mol. The van der Waals surface area contributed by atoms with Crippen LogP contribution in [0.15, 0.2) is 82.1 Å². The molecule has 1 N–H and O–H groups in total. The molecule has 0 aliphatic carbocycles. The Kier molecular flexibility index (Phi) is 7.20. The van der Waals surface area contributed by atoms with Crippen LogP contribution in [0.4, 0.5) is 11.4 Å². The molecule has 0 saturated carbocycles. The first-order valence-corrected chi connectivity index (χ1v) is 13.0. The molecule has 186 valence electrons. The maximum atomic E-state index is 11.5. The molecule has 1 aliphatic heterocycles. The number of furan rings is 1. The quantitative estimate of drug-likeness (QED) is 0.300. The van der Waals surface area contributed by atoms with Gasteiger partial charge in [-0.25, -0.2) is 4.79 Å². The van der Waals surface area contributed by atoms with E-state index in [-0.39, 0.29) is 5.76 Å². The summed E-state index contributed by atoms with van der Waals surface area (Å²) in [5.41, 5.74) is 4.96. The van der Waals surface area contributed by atoms with Gasteiger partial charge in [-0.1, -0.05) is 36.4 Å². The van der Waals surface area contributed by atoms with E-state index in [1.807, 2.05) is 24.3 Å². The Morgan fingerprint density at radius 1 is 1.00 bits per heavy atom. The minimum atomic E-state index is -1.04. The molecule has 36 heavy (non-hydrogen) atoms. The maximum absolute atomic E-state index is 11.5. The van der Waals surface area contributed by atoms with Crippen LogP contribution in [0.2, 0.25) is 0 Å². The molecule has 1 aromatic heterocycles. The predicted octanol–water partition coefficient (Wildman–Crippen LogP) is 5.95. The van der Waals surface area contributed by atoms with Crippen molar-refractivity contribution in [2.24, 2.45) is 0 Å². The first-order valence-electron chi connectivity index (χ1n) is 12.3. The van der Waals surface area contributed by atoms with Gasteiger partial charge in [-0.3, -0.25) is 0 Å². The minimum Gasteiger partial charge on any atom is -0.475 e. The Bertz CT molecular complexity index is 1350. The number of aromatic carboxylic acids is 1. The highest BCUT2D eigenvalue weighted by atomic mass is 32.2. The van der Waals surface area contributed by atoms with Gasteiger partial charge < -0.3 is 23.6 Å². The third-order valence-electron chi connectivity index (χ3n) is 6.75. The van der Waals surface area contributed by atoms with Crippen LogP contribution in [-0.4, -0.2) is 55.7 Å². The van der Waals surface area contributed by atoms with E-state index >= 15 is 0 Å². The highest BCUT2D eigenvalue weighted by molar-refractivity contribution is 8.00. The van der Waals surface area contributed by atoms with E-state index in [4.69, 9.17) is 4.42 Å². The number of anilines is 2. The number of carbonyl (C=O) groups is 1. The fraction of sp³-hybridized carbons (Fsp3) is 0.276. The third kappa shape index (κ3) is 5.37. The number of nitrogens with zero attached hydrogens (tertiary/aromatic N) is 3. The van der Waals surface area contributed by atoms with E-state index < -0.39 is 5.97 Å². The van der Waals surface area contributed by atoms with Gasteiger partial charge in [-0.15, -0.1) is 0 Å². The van der Waals surface area contributed by atoms with E-state index in [1.54, 1.807) is 18.9 Å². The molecule has 0 radical (unpaired) electrons. The van der Waals surface area contributed by atoms with Crippen molar-refractivity contribution in [1.82, 2.24) is 4.90 Å². The van der Waals surface area contributed by atoms with Crippen LogP contribution in [-0.2, 0) is 6.42 Å². The number of hydrogen-bond acceptors (Lipinski definition) is 6. The molecule has 6 nitrogen and oxygen atoms in total. The molecule has 3 aromatic carbocycles. The fourth-order valence-corrected chi connectivity index (χ4v) is 5.56. The Labute approximate surface area is 216 Å². The first kappa shape index (κ1) is 24.3. The standard InChI is InChI=1S/C29H31N3O3S/c1-21-26-20-25(11-12-27(26)35-28(21)29(33)34)36-32(14-13-22-7-4-3-5-8-22)24-10-6-9-23(19-24)31-17-15-30(2)16-18-31/h3-12,19-20H,13-18H2,1-2H3,(H,33,34). The first-order chi connectivity index (χ1) is 17.5. The zero-order chi connectivity index (χ0) is 25.1. The van der Waals surface area contributed by atoms with Gasteiger partial charge in [-0.2, -0.15) is 0 Å². The van der Waals surface area contributed by atoms with E-state index in [2.05, 4.69) is 69.7 Å². The van der Waals surface area contributed by atoms with Crippen molar-refractivity contribution in [2.75, 3.05) is 49.0 Å². The Morgan fingerprint density at radius 2 is 1.78 bits per heavy atom. The summed E-state index contributed by atoms with van der Waals surface area (Å²) in [6.07, 6.45) is 0.919. The van der Waals surface area contributed by atoms with Gasteiger partial charge in [0, 0.05) is 59.9 Å². The average Bonchev–Trinajstić information content (AvgIpc) is 3.23. The maximum Gasteiger partial charge on any atom is 0.372 e. The second kappa shape index (κ2) is 10.7. The van der Waals surface area contributed by atoms with Crippen LogP contribution in [0.1, 0.15) is 21.7 Å². The van der Waals surface area contributed by atoms with Crippen LogP contribution in [0.5, 0.6) is 0 Å². The molecule has 5 rings (SSSR count). The van der Waals surface area contributed by atoms with Crippen molar-refractivity contribution < 1.29 is 14.3 Å². The average molecular weight is 502 g/mol. The zero-order valence-electron chi connectivity index (χ0n) is 20.7. The highest BCUT2D eigenvalue weighted by Crippen LogP contribution is 2.35. The summed E-state index contributed by atoms with van der Waals surface area (Å²) >= 11 is 1.68. The Morgan fingerprint density at radius 3 is 2.53 bits per heavy atom. The van der Waals surface area contributed by atoms with Crippen LogP contribution >= 0.6 is 11.9 Å². The van der Waals surface area contributed by atoms with Gasteiger partial charge in [0.1, 0.15) is 5.58 Å². The number of carboxylic acid groups (broad SMARTS) is 1. The molecule has 0 bridgehead atoms. The molecule has 2 heterocycles. The molecule has 0 atom stereocenters. The fourth-order valence-electron chi connectivity index (χ4n) is 4.60. The summed E-state index contributed by atoms with van der Waals surface area (Å²) in [4.78, 5) is 17.4. The number of carboxylic acids is 1. The van der Waals surface area contributed by atoms with Gasteiger partial charge in [-0.05, 0) is 74.3 Å². The third-order valence-corrected chi connectivity index (χ3v) is 7.83. The lowest BCUT2D eigenvalue weighted by Gasteiger charge is -2.34. The lowest BCUT2D eigenvalue weighted by Crippen LogP contribution is -2.44. The normalized spacial score (nSPS) is 14.3. The van der Waals surface area contributed by atoms with E-state index in [0.717, 1.165) is 55.1 Å². The lowest BCUT2D eigenvalue weighted by atomic mass is 10.1. The van der Waals surface area contributed by atoms with Crippen LogP contribution in [0.3, 0.4) is 0 Å². The molecular formula is C29H31N3O3S. The van der Waals surface area contributed by atoms with Crippen molar-refractivity contribution in [3.8, 4) is 0 Å². The van der Waals surface area contributed by atoms with E-state index in [1.165, 1.54) is 11.3 Å². The summed E-state index contributed by atoms with van der Waals surface area (Å²) in [5, 5.41) is 10.3. The largest absolute Gasteiger partial charge is 0.475 e. The van der Waals surface area contributed by atoms with Gasteiger partial charge in [0.25, 0.3) is 0 Å². The summed E-state index contributed by atoms with van der Waals surface area (Å²) in [6, 6.07) is 25.2. The van der Waals surface area contributed by atoms with Crippen LogP contribution in [0.25, 0.3) is 11.0 Å². The number of piperazine rings is 1. The topological polar surface area (TPSA) is 60.2 Å². The molecule has 1 aliphatic rings. The molecule has 1 saturated heterocycles. The van der Waals surface area contributed by atoms with Crippen molar-refractivity contribution in [2.45, 2.75) is 18.2 Å². The van der Waals surface area contributed by atoms with Gasteiger partial charge >= 0.3 is 5.97 Å². The molecule has 7 heteroatoms. The number of hydrogen-bond donors (Lipinski definition) is 1. The summed E-state index contributed by atoms with van der Waals surface area (Å²) in [7, 11) is 2.17. The molecular weight excluding hydrogens is 470 g/mol. The van der Waals surface area contributed by atoms with Crippen molar-refractivity contribution in [3.63, 3.8) is 0 Å². The molecule has 4 aromatic rings. The number of aryl methyl sites for hydroxylation is 1. The van der Waals surface area contributed by atoms with E-state index in [9.17, 15) is 9.90 Å². The highest BCUT2D eigenvalue weighted by Gasteiger charge is 2.19. The minimum absolute atomic E-state index is 0.00737. The SMILES string of the molecule is Cc1c(C(=O)O)oc2ccc(SN(CCc3ccccc3)c3cccc(N4CCN(C)CC4)c3)cc12. The Hall–Kier alpha value is -3.42. The monoisotopic (exact) mass is 501 g/mol. The number of fused-ring (bicyclic) bond motifs is 1. The number of rotatable bonds is 8. The van der Waals surface area contributed by atoms with Crippen molar-refractivity contribution in [1.29, 1.82) is 0 Å². The smallest absolute Gasteiger partial charge is 0.372 e. The number of benzene rings is 3. The summed E-state index contributed by atoms with van der Waals surface area (Å²) in [6.45, 7) is 6.83. The second-order valence-electron chi connectivity index (χ2n) is 9.26. The second-order valence-corrected chi connectivity index (χ2v) is 10.4. The van der Waals surface area contributed by atoms with Crippen LogP contribution in [0, 0.1) is 6.92 Å². The van der Waals surface area contributed by atoms with Crippen molar-refractivity contribution >= 4 is 40.3 Å². The molecule has 1 fully saturated rings. The Balaban J connectivity index is 1.43. The van der Waals surface area contributed by atoms with E-state index in [0.29, 0.717) is 11.1 Å². The summed E-state index contributed by atoms with van der Waals surface area (Å²) in [5.74, 6) is -1.03. The van der Waals surface area contributed by atoms with Crippen LogP contribution < -0.4 is 9.21 Å². The number of likely N-dealkylation sites (N-methyl/N-ethyl adjacent to an activating group) is 1. The van der Waals surface area contributed by atoms with Gasteiger partial charge in [0.15, 0.2) is 0 Å². The molecule has 0 unspecified atom stereocenters. The lowest BCUT2D eigenvalue weighted by molar-refractivity contribution is 0.0664. The molecule has 0 amide bonds. The van der Waals surface area contributed by atoms with Gasteiger partial charge in [0.2, 0.25) is 5.76 Å². The molecule has 0 spiro atoms. The van der Waals surface area contributed by atoms with Crippen molar-refractivity contribution in [3.05, 3.63) is 89.7 Å². The van der Waals surface area contributed by atoms with Gasteiger partial charge in [0.05, 0.1) is 0 Å². The zero-order valence-corrected chi connectivity index (χ0v) is 21.5.